The van der Waals surface area contributed by atoms with Crippen LogP contribution in [-0.2, 0) is 26.2 Å². The first-order valence-electron chi connectivity index (χ1n) is 12.5. The zero-order valence-corrected chi connectivity index (χ0v) is 23.0. The van der Waals surface area contributed by atoms with E-state index in [0.29, 0.717) is 6.54 Å². The van der Waals surface area contributed by atoms with E-state index in [-0.39, 0.29) is 23.0 Å². The van der Waals surface area contributed by atoms with Crippen LogP contribution < -0.4 is 9.62 Å². The number of nitrogens with one attached hydrogen (secondary N) is 1. The highest BCUT2D eigenvalue weighted by Gasteiger charge is 2.32. The highest BCUT2D eigenvalue weighted by molar-refractivity contribution is 7.92. The van der Waals surface area contributed by atoms with E-state index in [1.807, 2.05) is 45.0 Å². The summed E-state index contributed by atoms with van der Waals surface area (Å²) in [5.74, 6) is -1.42. The maximum Gasteiger partial charge on any atom is 0.264 e. The predicted octanol–water partition coefficient (Wildman–Crippen LogP) is 4.58. The molecule has 2 amide bonds. The third kappa shape index (κ3) is 6.98. The number of sulfonamides is 1. The minimum atomic E-state index is -4.19. The van der Waals surface area contributed by atoms with Crippen molar-refractivity contribution < 1.29 is 22.4 Å². The van der Waals surface area contributed by atoms with Crippen molar-refractivity contribution in [3.05, 3.63) is 95.3 Å². The van der Waals surface area contributed by atoms with E-state index in [0.717, 1.165) is 39.5 Å². The molecule has 0 spiro atoms. The average molecular weight is 540 g/mol. The number of carbonyl (C=O) groups is 2. The Morgan fingerprint density at radius 1 is 0.947 bits per heavy atom. The van der Waals surface area contributed by atoms with Gasteiger partial charge < -0.3 is 10.2 Å². The summed E-state index contributed by atoms with van der Waals surface area (Å²) in [6.45, 7) is 7.31. The number of hydrogen-bond donors (Lipinski definition) is 1. The van der Waals surface area contributed by atoms with E-state index < -0.39 is 34.3 Å². The third-order valence-electron chi connectivity index (χ3n) is 6.32. The molecule has 3 aromatic carbocycles. The van der Waals surface area contributed by atoms with Crippen molar-refractivity contribution in [1.29, 1.82) is 0 Å². The number of carbonyl (C=O) groups excluding carboxylic acids is 2. The smallest absolute Gasteiger partial charge is 0.264 e. The summed E-state index contributed by atoms with van der Waals surface area (Å²) < 4.78 is 42.1. The number of aryl methyl sites for hydroxylation is 2. The lowest BCUT2D eigenvalue weighted by molar-refractivity contribution is -0.139. The van der Waals surface area contributed by atoms with Crippen LogP contribution in [0.2, 0.25) is 0 Å². The van der Waals surface area contributed by atoms with Crippen LogP contribution in [0.15, 0.2) is 77.7 Å². The van der Waals surface area contributed by atoms with Gasteiger partial charge in [-0.2, -0.15) is 0 Å². The van der Waals surface area contributed by atoms with Gasteiger partial charge >= 0.3 is 0 Å². The molecule has 0 saturated carbocycles. The first-order chi connectivity index (χ1) is 18.0. The van der Waals surface area contributed by atoms with Crippen LogP contribution in [0, 0.1) is 19.7 Å². The predicted molar refractivity (Wildman–Crippen MR) is 147 cm³/mol. The Kier molecular flexibility index (Phi) is 9.63. The lowest BCUT2D eigenvalue weighted by Crippen LogP contribution is -2.51. The number of anilines is 1. The standard InChI is InChI=1S/C29H34FN3O4S/c1-5-18-31-29(35)23(4)32(19-24-9-7-6-8-22(24)3)28(34)20-33(26-14-12-25(30)13-15-26)38(36,37)27-16-10-21(2)11-17-27/h6-17,23H,5,18-20H2,1-4H3,(H,31,35). The molecule has 0 aliphatic heterocycles. The molecule has 202 valence electrons. The molecule has 7 nitrogen and oxygen atoms in total. The molecule has 3 rings (SSSR count). The summed E-state index contributed by atoms with van der Waals surface area (Å²) in [5.41, 5.74) is 2.80. The van der Waals surface area contributed by atoms with Crippen molar-refractivity contribution in [2.75, 3.05) is 17.4 Å². The summed E-state index contributed by atoms with van der Waals surface area (Å²) in [4.78, 5) is 28.1. The van der Waals surface area contributed by atoms with Crippen LogP contribution in [0.3, 0.4) is 0 Å². The maximum atomic E-state index is 13.8. The van der Waals surface area contributed by atoms with Crippen molar-refractivity contribution in [1.82, 2.24) is 10.2 Å². The molecule has 0 aliphatic rings. The second-order valence-electron chi connectivity index (χ2n) is 9.22. The maximum absolute atomic E-state index is 13.8. The molecule has 1 N–H and O–H groups in total. The quantitative estimate of drug-likeness (QED) is 0.387. The largest absolute Gasteiger partial charge is 0.354 e. The number of amides is 2. The van der Waals surface area contributed by atoms with Gasteiger partial charge in [0.1, 0.15) is 18.4 Å². The zero-order valence-electron chi connectivity index (χ0n) is 22.1. The van der Waals surface area contributed by atoms with E-state index in [4.69, 9.17) is 0 Å². The van der Waals surface area contributed by atoms with Gasteiger partial charge in [-0.1, -0.05) is 48.9 Å². The Labute approximate surface area is 224 Å². The van der Waals surface area contributed by atoms with Gasteiger partial charge in [0, 0.05) is 13.1 Å². The van der Waals surface area contributed by atoms with Crippen LogP contribution in [0.1, 0.15) is 37.0 Å². The molecule has 0 radical (unpaired) electrons. The number of halogens is 1. The molecular formula is C29H34FN3O4S. The lowest BCUT2D eigenvalue weighted by Gasteiger charge is -2.32. The molecule has 0 bridgehead atoms. The van der Waals surface area contributed by atoms with E-state index in [1.54, 1.807) is 19.1 Å². The van der Waals surface area contributed by atoms with Crippen LogP contribution in [0.25, 0.3) is 0 Å². The number of benzene rings is 3. The SMILES string of the molecule is CCCNC(=O)C(C)N(Cc1ccccc1C)C(=O)CN(c1ccc(F)cc1)S(=O)(=O)c1ccc(C)cc1. The van der Waals surface area contributed by atoms with E-state index in [1.165, 1.54) is 29.2 Å². The van der Waals surface area contributed by atoms with Crippen molar-refractivity contribution in [3.8, 4) is 0 Å². The minimum absolute atomic E-state index is 0.000541. The van der Waals surface area contributed by atoms with Crippen LogP contribution in [-0.4, -0.2) is 44.3 Å². The van der Waals surface area contributed by atoms with Crippen molar-refractivity contribution in [2.45, 2.75) is 51.6 Å². The van der Waals surface area contributed by atoms with E-state index in [9.17, 15) is 22.4 Å². The molecule has 1 atom stereocenters. The average Bonchev–Trinajstić information content (AvgIpc) is 2.90. The summed E-state index contributed by atoms with van der Waals surface area (Å²) in [6.07, 6.45) is 0.733. The zero-order chi connectivity index (χ0) is 27.9. The molecule has 0 aliphatic carbocycles. The topological polar surface area (TPSA) is 86.8 Å². The Balaban J connectivity index is 2.02. The Morgan fingerprint density at radius 3 is 2.18 bits per heavy atom. The summed E-state index contributed by atoms with van der Waals surface area (Å²) in [5, 5.41) is 2.81. The first kappa shape index (κ1) is 28.8. The molecule has 1 unspecified atom stereocenters. The van der Waals surface area contributed by atoms with Gasteiger partial charge in [0.15, 0.2) is 0 Å². The fourth-order valence-corrected chi connectivity index (χ4v) is 5.34. The molecule has 0 fully saturated rings. The fourth-order valence-electron chi connectivity index (χ4n) is 3.92. The molecule has 9 heteroatoms. The van der Waals surface area contributed by atoms with Gasteiger partial charge in [0.25, 0.3) is 10.0 Å². The molecule has 0 aromatic heterocycles. The molecule has 0 heterocycles. The highest BCUT2D eigenvalue weighted by Crippen LogP contribution is 2.25. The summed E-state index contributed by atoms with van der Waals surface area (Å²) >= 11 is 0. The lowest BCUT2D eigenvalue weighted by atomic mass is 10.1. The monoisotopic (exact) mass is 539 g/mol. The van der Waals surface area contributed by atoms with Gasteiger partial charge in [-0.3, -0.25) is 13.9 Å². The Morgan fingerprint density at radius 2 is 1.58 bits per heavy atom. The third-order valence-corrected chi connectivity index (χ3v) is 8.11. The van der Waals surface area contributed by atoms with E-state index >= 15 is 0 Å². The van der Waals surface area contributed by atoms with Gasteiger partial charge in [0.2, 0.25) is 11.8 Å². The Hall–Kier alpha value is -3.72. The second-order valence-corrected chi connectivity index (χ2v) is 11.1. The van der Waals surface area contributed by atoms with Crippen molar-refractivity contribution in [2.24, 2.45) is 0 Å². The number of rotatable bonds is 11. The summed E-state index contributed by atoms with van der Waals surface area (Å²) in [6, 6.07) is 17.8. The van der Waals surface area contributed by atoms with Gasteiger partial charge in [-0.15, -0.1) is 0 Å². The fraction of sp³-hybridized carbons (Fsp3) is 0.310. The van der Waals surface area contributed by atoms with E-state index in [2.05, 4.69) is 5.32 Å². The highest BCUT2D eigenvalue weighted by atomic mass is 32.2. The van der Waals surface area contributed by atoms with Gasteiger partial charge in [-0.25, -0.2) is 12.8 Å². The second kappa shape index (κ2) is 12.7. The minimum Gasteiger partial charge on any atom is -0.354 e. The molecule has 3 aromatic rings. The van der Waals surface area contributed by atoms with Crippen molar-refractivity contribution in [3.63, 3.8) is 0 Å². The van der Waals surface area contributed by atoms with Crippen LogP contribution in [0.5, 0.6) is 0 Å². The van der Waals surface area contributed by atoms with Crippen molar-refractivity contribution >= 4 is 27.5 Å². The van der Waals surface area contributed by atoms with Gasteiger partial charge in [-0.05, 0) is 74.7 Å². The molecule has 0 saturated heterocycles. The Bertz CT molecular complexity index is 1360. The number of nitrogens with zero attached hydrogens (tertiary/aromatic N) is 2. The van der Waals surface area contributed by atoms with Crippen LogP contribution in [0.4, 0.5) is 10.1 Å². The van der Waals surface area contributed by atoms with Gasteiger partial charge in [0.05, 0.1) is 10.6 Å². The number of hydrogen-bond acceptors (Lipinski definition) is 4. The molecule has 38 heavy (non-hydrogen) atoms. The normalized spacial score (nSPS) is 12.0. The first-order valence-corrected chi connectivity index (χ1v) is 13.9. The molecular weight excluding hydrogens is 505 g/mol. The summed E-state index contributed by atoms with van der Waals surface area (Å²) in [7, 11) is -4.19. The van der Waals surface area contributed by atoms with Crippen LogP contribution >= 0.6 is 0 Å².